The number of amides is 1. The number of thioether (sulfide) groups is 1. The number of anilines is 1. The highest BCUT2D eigenvalue weighted by atomic mass is 32.2. The molecule has 2 unspecified atom stereocenters. The molecule has 5 fully saturated rings. The van der Waals surface area contributed by atoms with Gasteiger partial charge in [-0.2, -0.15) is 0 Å². The maximum atomic E-state index is 13.4. The van der Waals surface area contributed by atoms with E-state index in [2.05, 4.69) is 17.1 Å². The van der Waals surface area contributed by atoms with Crippen molar-refractivity contribution in [3.05, 3.63) is 17.7 Å². The summed E-state index contributed by atoms with van der Waals surface area (Å²) in [5.74, 6) is 3.25. The number of hydrogen-bond donors (Lipinski definition) is 2. The third-order valence-electron chi connectivity index (χ3n) is 8.36. The standard InChI is InChI=1S/C26H37N3O4S/c1-3-8-34-25-20(4-5-21(27-25)29-7-6-16(15-29)11-22(30)33-2)24(31)28-23-18-9-17-10-19(23)14-26(32,12-17)13-18/h4-5,16-19,23,32H,3,6-15H2,1-2H3,(H,28,31)/t16-,17?,18?,19?,23-,26+/m0/s1. The zero-order valence-electron chi connectivity index (χ0n) is 20.3. The number of hydrogen-bond acceptors (Lipinski definition) is 7. The van der Waals surface area contributed by atoms with E-state index in [9.17, 15) is 14.7 Å². The monoisotopic (exact) mass is 487 g/mol. The highest BCUT2D eigenvalue weighted by Crippen LogP contribution is 2.55. The molecule has 1 amide bonds. The van der Waals surface area contributed by atoms with E-state index < -0.39 is 5.60 Å². The number of carbonyl (C=O) groups is 2. The van der Waals surface area contributed by atoms with Crippen molar-refractivity contribution in [2.45, 2.75) is 75.0 Å². The van der Waals surface area contributed by atoms with Crippen LogP contribution < -0.4 is 10.2 Å². The lowest BCUT2D eigenvalue weighted by molar-refractivity contribution is -0.141. The van der Waals surface area contributed by atoms with Crippen LogP contribution in [0, 0.1) is 23.7 Å². The number of rotatable bonds is 8. The number of aliphatic hydroxyl groups is 1. The Balaban J connectivity index is 1.29. The molecule has 1 aromatic rings. The van der Waals surface area contributed by atoms with E-state index in [1.165, 1.54) is 7.11 Å². The molecule has 0 aromatic carbocycles. The van der Waals surface area contributed by atoms with Gasteiger partial charge in [0, 0.05) is 19.1 Å². The van der Waals surface area contributed by atoms with E-state index >= 15 is 0 Å². The van der Waals surface area contributed by atoms with Gasteiger partial charge in [0.2, 0.25) is 0 Å². The number of carbonyl (C=O) groups excluding carboxylic acids is 2. The SMILES string of the molecule is CCCSc1nc(N2CC[C@@H](CC(=O)OC)C2)ccc1C(=O)N[C@H]1C2CC3CC1C[C@@](O)(C3)C2. The van der Waals surface area contributed by atoms with Crippen molar-refractivity contribution in [2.24, 2.45) is 23.7 Å². The Morgan fingerprint density at radius 2 is 2.03 bits per heavy atom. The van der Waals surface area contributed by atoms with Crippen LogP contribution in [0.3, 0.4) is 0 Å². The summed E-state index contributed by atoms with van der Waals surface area (Å²) in [4.78, 5) is 32.2. The summed E-state index contributed by atoms with van der Waals surface area (Å²) >= 11 is 1.64. The predicted octanol–water partition coefficient (Wildman–Crippen LogP) is 3.64. The van der Waals surface area contributed by atoms with E-state index in [0.29, 0.717) is 29.7 Å². The third-order valence-corrected chi connectivity index (χ3v) is 9.56. The first-order valence-electron chi connectivity index (χ1n) is 12.9. The Morgan fingerprint density at radius 3 is 2.71 bits per heavy atom. The fraction of sp³-hybridized carbons (Fsp3) is 0.731. The molecule has 1 aliphatic heterocycles. The molecule has 6 rings (SSSR count). The van der Waals surface area contributed by atoms with Crippen LogP contribution >= 0.6 is 11.8 Å². The lowest BCUT2D eigenvalue weighted by Gasteiger charge is -2.58. The summed E-state index contributed by atoms with van der Waals surface area (Å²) in [6, 6.07) is 4.03. The Kier molecular flexibility index (Phi) is 6.81. The molecule has 2 N–H and O–H groups in total. The molecule has 1 saturated heterocycles. The fourth-order valence-electron chi connectivity index (χ4n) is 7.06. The second-order valence-electron chi connectivity index (χ2n) is 10.9. The largest absolute Gasteiger partial charge is 0.469 e. The molecule has 5 aliphatic rings. The van der Waals surface area contributed by atoms with Gasteiger partial charge in [-0.05, 0) is 86.5 Å². The summed E-state index contributed by atoms with van der Waals surface area (Å²) in [6.07, 6.45) is 7.22. The van der Waals surface area contributed by atoms with Crippen LogP contribution in [0.2, 0.25) is 0 Å². The lowest BCUT2D eigenvalue weighted by atomic mass is 9.52. The molecular weight excluding hydrogens is 450 g/mol. The molecule has 2 heterocycles. The molecular formula is C26H37N3O4S. The quantitative estimate of drug-likeness (QED) is 0.427. The van der Waals surface area contributed by atoms with Gasteiger partial charge < -0.3 is 20.1 Å². The van der Waals surface area contributed by atoms with E-state index in [4.69, 9.17) is 9.72 Å². The van der Waals surface area contributed by atoms with Crippen molar-refractivity contribution in [3.8, 4) is 0 Å². The molecule has 3 atom stereocenters. The average molecular weight is 488 g/mol. The van der Waals surface area contributed by atoms with Gasteiger partial charge in [-0.1, -0.05) is 6.92 Å². The van der Waals surface area contributed by atoms with Crippen molar-refractivity contribution in [1.82, 2.24) is 10.3 Å². The maximum absolute atomic E-state index is 13.4. The van der Waals surface area contributed by atoms with Crippen LogP contribution in [0.1, 0.15) is 68.6 Å². The van der Waals surface area contributed by atoms with Crippen LogP contribution in [0.25, 0.3) is 0 Å². The van der Waals surface area contributed by atoms with E-state index in [1.54, 1.807) is 11.8 Å². The van der Waals surface area contributed by atoms with E-state index in [1.807, 2.05) is 12.1 Å². The zero-order chi connectivity index (χ0) is 23.9. The number of ether oxygens (including phenoxy) is 1. The van der Waals surface area contributed by atoms with Gasteiger partial charge in [0.05, 0.1) is 24.7 Å². The molecule has 4 bridgehead atoms. The molecule has 0 radical (unpaired) electrons. The third kappa shape index (κ3) is 4.81. The molecule has 186 valence electrons. The Morgan fingerprint density at radius 1 is 1.26 bits per heavy atom. The predicted molar refractivity (Wildman–Crippen MR) is 132 cm³/mol. The van der Waals surface area contributed by atoms with Gasteiger partial charge in [-0.3, -0.25) is 9.59 Å². The highest BCUT2D eigenvalue weighted by molar-refractivity contribution is 7.99. The van der Waals surface area contributed by atoms with Crippen molar-refractivity contribution in [3.63, 3.8) is 0 Å². The maximum Gasteiger partial charge on any atom is 0.305 e. The molecule has 8 heteroatoms. The number of aromatic nitrogens is 1. The van der Waals surface area contributed by atoms with E-state index in [-0.39, 0.29) is 23.8 Å². The molecule has 0 spiro atoms. The van der Waals surface area contributed by atoms with Gasteiger partial charge in [0.15, 0.2) is 0 Å². The van der Waals surface area contributed by atoms with Crippen molar-refractivity contribution >= 4 is 29.5 Å². The number of esters is 1. The number of methoxy groups -OCH3 is 1. The van der Waals surface area contributed by atoms with Gasteiger partial charge in [-0.15, -0.1) is 11.8 Å². The Hall–Kier alpha value is -1.80. The van der Waals surface area contributed by atoms with Crippen LogP contribution in [-0.4, -0.2) is 59.6 Å². The second-order valence-corrected chi connectivity index (χ2v) is 12.0. The Bertz CT molecular complexity index is 925. The van der Waals surface area contributed by atoms with Crippen molar-refractivity contribution < 1.29 is 19.4 Å². The molecule has 4 saturated carbocycles. The highest BCUT2D eigenvalue weighted by Gasteiger charge is 2.55. The smallest absolute Gasteiger partial charge is 0.305 e. The van der Waals surface area contributed by atoms with Crippen LogP contribution in [0.5, 0.6) is 0 Å². The van der Waals surface area contributed by atoms with Crippen LogP contribution in [-0.2, 0) is 9.53 Å². The first-order chi connectivity index (χ1) is 16.4. The minimum Gasteiger partial charge on any atom is -0.469 e. The molecule has 7 nitrogen and oxygen atoms in total. The van der Waals surface area contributed by atoms with Crippen molar-refractivity contribution in [2.75, 3.05) is 30.9 Å². The minimum absolute atomic E-state index is 0.0351. The van der Waals surface area contributed by atoms with Crippen LogP contribution in [0.4, 0.5) is 5.82 Å². The van der Waals surface area contributed by atoms with Crippen molar-refractivity contribution in [1.29, 1.82) is 0 Å². The van der Waals surface area contributed by atoms with Gasteiger partial charge in [0.25, 0.3) is 5.91 Å². The van der Waals surface area contributed by atoms with Gasteiger partial charge >= 0.3 is 5.97 Å². The summed E-state index contributed by atoms with van der Waals surface area (Å²) < 4.78 is 4.83. The van der Waals surface area contributed by atoms with Gasteiger partial charge in [-0.25, -0.2) is 4.98 Å². The fourth-order valence-corrected chi connectivity index (χ4v) is 7.93. The van der Waals surface area contributed by atoms with E-state index in [0.717, 1.165) is 74.6 Å². The second kappa shape index (κ2) is 9.69. The average Bonchev–Trinajstić information content (AvgIpc) is 3.27. The molecule has 1 aromatic heterocycles. The summed E-state index contributed by atoms with van der Waals surface area (Å²) in [5, 5.41) is 15.0. The summed E-state index contributed by atoms with van der Waals surface area (Å²) in [6.45, 7) is 3.77. The zero-order valence-corrected chi connectivity index (χ0v) is 21.1. The topological polar surface area (TPSA) is 91.8 Å². The molecule has 4 aliphatic carbocycles. The normalized spacial score (nSPS) is 33.9. The first kappa shape index (κ1) is 23.9. The number of nitrogens with one attached hydrogen (secondary N) is 1. The van der Waals surface area contributed by atoms with Gasteiger partial charge in [0.1, 0.15) is 10.8 Å². The van der Waals surface area contributed by atoms with Crippen LogP contribution in [0.15, 0.2) is 17.2 Å². The number of pyridine rings is 1. The lowest BCUT2D eigenvalue weighted by Crippen LogP contribution is -2.61. The summed E-state index contributed by atoms with van der Waals surface area (Å²) in [7, 11) is 1.43. The molecule has 34 heavy (non-hydrogen) atoms. The first-order valence-corrected chi connectivity index (χ1v) is 13.8. The summed E-state index contributed by atoms with van der Waals surface area (Å²) in [5.41, 5.74) is 0.157. The Labute approximate surface area is 206 Å². The number of nitrogens with zero attached hydrogens (tertiary/aromatic N) is 2. The minimum atomic E-state index is -0.496.